The van der Waals surface area contributed by atoms with Gasteiger partial charge in [0.25, 0.3) is 0 Å². The van der Waals surface area contributed by atoms with E-state index in [4.69, 9.17) is 4.74 Å². The van der Waals surface area contributed by atoms with E-state index in [1.165, 1.54) is 12.4 Å². The molecule has 3 rings (SSSR count). The Bertz CT molecular complexity index is 715. The standard InChI is InChI=1S/C14H12F3N5O/c15-14(16,17)13-21-7-10(8-22-13)23-12-11(19-5-6-20-12)9-1-3-18-4-2-9/h1,5-8,18H,2-4H2. The molecule has 0 amide bonds. The van der Waals surface area contributed by atoms with Crippen LogP contribution >= 0.6 is 0 Å². The van der Waals surface area contributed by atoms with Crippen LogP contribution in [0.3, 0.4) is 0 Å². The number of alkyl halides is 3. The molecule has 0 saturated heterocycles. The van der Waals surface area contributed by atoms with Gasteiger partial charge in [-0.25, -0.2) is 19.9 Å². The SMILES string of the molecule is FC(F)(F)c1ncc(Oc2nccnc2C2=CCNCC2)cn1. The Kier molecular flexibility index (Phi) is 4.20. The van der Waals surface area contributed by atoms with E-state index in [9.17, 15) is 13.2 Å². The zero-order valence-corrected chi connectivity index (χ0v) is 11.8. The van der Waals surface area contributed by atoms with Crippen LogP contribution in [0.1, 0.15) is 17.9 Å². The molecule has 0 aliphatic carbocycles. The van der Waals surface area contributed by atoms with Crippen molar-refractivity contribution in [2.24, 2.45) is 0 Å². The maximum absolute atomic E-state index is 12.5. The van der Waals surface area contributed by atoms with Gasteiger partial charge in [-0.1, -0.05) is 6.08 Å². The molecular formula is C14H12F3N5O. The molecule has 1 aliphatic rings. The monoisotopic (exact) mass is 323 g/mol. The predicted molar refractivity (Wildman–Crippen MR) is 74.6 cm³/mol. The molecule has 2 aromatic rings. The van der Waals surface area contributed by atoms with Crippen molar-refractivity contribution in [2.75, 3.05) is 13.1 Å². The van der Waals surface area contributed by atoms with Crippen molar-refractivity contribution in [1.82, 2.24) is 25.3 Å². The van der Waals surface area contributed by atoms with Crippen molar-refractivity contribution in [1.29, 1.82) is 0 Å². The van der Waals surface area contributed by atoms with E-state index in [-0.39, 0.29) is 11.6 Å². The summed E-state index contributed by atoms with van der Waals surface area (Å²) in [6.07, 6.45) is 3.06. The third kappa shape index (κ3) is 3.62. The molecule has 6 nitrogen and oxygen atoms in total. The normalized spacial score (nSPS) is 15.2. The van der Waals surface area contributed by atoms with Gasteiger partial charge in [0.2, 0.25) is 11.7 Å². The number of hydrogen-bond donors (Lipinski definition) is 1. The zero-order valence-electron chi connectivity index (χ0n) is 11.8. The summed E-state index contributed by atoms with van der Waals surface area (Å²) in [5.74, 6) is -0.941. The number of aromatic nitrogens is 4. The smallest absolute Gasteiger partial charge is 0.434 e. The summed E-state index contributed by atoms with van der Waals surface area (Å²) in [6.45, 7) is 1.53. The summed E-state index contributed by atoms with van der Waals surface area (Å²) in [4.78, 5) is 14.9. The Hall–Kier alpha value is -2.55. The van der Waals surface area contributed by atoms with E-state index >= 15 is 0 Å². The molecule has 23 heavy (non-hydrogen) atoms. The van der Waals surface area contributed by atoms with Crippen LogP contribution in [0.5, 0.6) is 11.6 Å². The van der Waals surface area contributed by atoms with Gasteiger partial charge in [-0.3, -0.25) is 0 Å². The van der Waals surface area contributed by atoms with E-state index in [1.807, 2.05) is 6.08 Å². The van der Waals surface area contributed by atoms with Crippen LogP contribution in [-0.4, -0.2) is 33.0 Å². The van der Waals surface area contributed by atoms with Gasteiger partial charge in [0.15, 0.2) is 5.75 Å². The molecule has 0 fully saturated rings. The number of rotatable bonds is 3. The van der Waals surface area contributed by atoms with Crippen molar-refractivity contribution in [2.45, 2.75) is 12.6 Å². The Morgan fingerprint density at radius 2 is 1.78 bits per heavy atom. The Morgan fingerprint density at radius 3 is 2.43 bits per heavy atom. The highest BCUT2D eigenvalue weighted by atomic mass is 19.4. The van der Waals surface area contributed by atoms with E-state index < -0.39 is 12.0 Å². The molecular weight excluding hydrogens is 311 g/mol. The molecule has 0 atom stereocenters. The van der Waals surface area contributed by atoms with Gasteiger partial charge >= 0.3 is 6.18 Å². The zero-order chi connectivity index (χ0) is 16.3. The average Bonchev–Trinajstić information content (AvgIpc) is 2.56. The van der Waals surface area contributed by atoms with Crippen LogP contribution in [0.15, 0.2) is 30.9 Å². The Morgan fingerprint density at radius 1 is 1.04 bits per heavy atom. The van der Waals surface area contributed by atoms with E-state index in [0.29, 0.717) is 5.69 Å². The third-order valence-corrected chi connectivity index (χ3v) is 3.13. The minimum atomic E-state index is -4.59. The largest absolute Gasteiger partial charge is 0.451 e. The third-order valence-electron chi connectivity index (χ3n) is 3.13. The van der Waals surface area contributed by atoms with Crippen LogP contribution in [-0.2, 0) is 6.18 Å². The highest BCUT2D eigenvalue weighted by Gasteiger charge is 2.34. The Labute approximate surface area is 129 Å². The van der Waals surface area contributed by atoms with Gasteiger partial charge in [-0.15, -0.1) is 0 Å². The second-order valence-electron chi connectivity index (χ2n) is 4.74. The molecule has 2 aromatic heterocycles. The maximum atomic E-state index is 12.5. The van der Waals surface area contributed by atoms with Crippen LogP contribution in [0, 0.1) is 0 Å². The fourth-order valence-corrected chi connectivity index (χ4v) is 2.08. The minimum absolute atomic E-state index is 0.0642. The number of nitrogens with one attached hydrogen (secondary N) is 1. The van der Waals surface area contributed by atoms with Gasteiger partial charge in [0.05, 0.1) is 12.4 Å². The van der Waals surface area contributed by atoms with Gasteiger partial charge in [0, 0.05) is 18.9 Å². The first kappa shape index (κ1) is 15.3. The molecule has 0 radical (unpaired) electrons. The van der Waals surface area contributed by atoms with Crippen molar-refractivity contribution >= 4 is 5.57 Å². The minimum Gasteiger partial charge on any atom is -0.434 e. The van der Waals surface area contributed by atoms with Gasteiger partial charge < -0.3 is 10.1 Å². The summed E-state index contributed by atoms with van der Waals surface area (Å²) in [5, 5.41) is 3.18. The molecule has 0 unspecified atom stereocenters. The van der Waals surface area contributed by atoms with Crippen LogP contribution in [0.25, 0.3) is 5.57 Å². The lowest BCUT2D eigenvalue weighted by Crippen LogP contribution is -2.20. The van der Waals surface area contributed by atoms with Gasteiger partial charge in [-0.05, 0) is 18.5 Å². The maximum Gasteiger partial charge on any atom is 0.451 e. The summed E-state index contributed by atoms with van der Waals surface area (Å²) < 4.78 is 42.9. The molecule has 1 N–H and O–H groups in total. The molecule has 0 aromatic carbocycles. The molecule has 0 bridgehead atoms. The second kappa shape index (κ2) is 6.29. The van der Waals surface area contributed by atoms with Crippen molar-refractivity contribution in [3.63, 3.8) is 0 Å². The summed E-state index contributed by atoms with van der Waals surface area (Å²) >= 11 is 0. The van der Waals surface area contributed by atoms with Gasteiger partial charge in [-0.2, -0.15) is 13.2 Å². The number of ether oxygens (including phenoxy) is 1. The van der Waals surface area contributed by atoms with Gasteiger partial charge in [0.1, 0.15) is 5.69 Å². The van der Waals surface area contributed by atoms with E-state index in [1.54, 1.807) is 0 Å². The van der Waals surface area contributed by atoms with Crippen LogP contribution in [0.4, 0.5) is 13.2 Å². The molecule has 0 spiro atoms. The van der Waals surface area contributed by atoms with Crippen LogP contribution < -0.4 is 10.1 Å². The van der Waals surface area contributed by atoms with E-state index in [2.05, 4.69) is 25.3 Å². The van der Waals surface area contributed by atoms with Crippen molar-refractivity contribution < 1.29 is 17.9 Å². The first-order valence-corrected chi connectivity index (χ1v) is 6.82. The highest BCUT2D eigenvalue weighted by Crippen LogP contribution is 2.30. The van der Waals surface area contributed by atoms with Crippen molar-refractivity contribution in [3.05, 3.63) is 42.4 Å². The molecule has 9 heteroatoms. The van der Waals surface area contributed by atoms with Crippen molar-refractivity contribution in [3.8, 4) is 11.6 Å². The lowest BCUT2D eigenvalue weighted by Gasteiger charge is -2.15. The summed E-state index contributed by atoms with van der Waals surface area (Å²) in [6, 6.07) is 0. The first-order chi connectivity index (χ1) is 11.0. The highest BCUT2D eigenvalue weighted by molar-refractivity contribution is 5.67. The number of hydrogen-bond acceptors (Lipinski definition) is 6. The van der Waals surface area contributed by atoms with Crippen LogP contribution in [0.2, 0.25) is 0 Å². The lowest BCUT2D eigenvalue weighted by molar-refractivity contribution is -0.145. The Balaban J connectivity index is 1.84. The lowest BCUT2D eigenvalue weighted by atomic mass is 10.1. The fraction of sp³-hybridized carbons (Fsp3) is 0.286. The number of halogens is 3. The summed E-state index contributed by atoms with van der Waals surface area (Å²) in [7, 11) is 0. The second-order valence-corrected chi connectivity index (χ2v) is 4.74. The fourth-order valence-electron chi connectivity index (χ4n) is 2.08. The molecule has 120 valence electrons. The molecule has 0 saturated carbocycles. The molecule has 3 heterocycles. The summed E-state index contributed by atoms with van der Waals surface area (Å²) in [5.41, 5.74) is 1.54. The van der Waals surface area contributed by atoms with E-state index in [0.717, 1.165) is 37.5 Å². The first-order valence-electron chi connectivity index (χ1n) is 6.82. The number of nitrogens with zero attached hydrogens (tertiary/aromatic N) is 4. The molecule has 1 aliphatic heterocycles. The predicted octanol–water partition coefficient (Wildman–Crippen LogP) is 2.45. The average molecular weight is 323 g/mol. The quantitative estimate of drug-likeness (QED) is 0.935. The topological polar surface area (TPSA) is 72.8 Å².